The van der Waals surface area contributed by atoms with Crippen LogP contribution < -0.4 is 0 Å². The van der Waals surface area contributed by atoms with Gasteiger partial charge < -0.3 is 10.2 Å². The van der Waals surface area contributed by atoms with Gasteiger partial charge in [-0.2, -0.15) is 0 Å². The van der Waals surface area contributed by atoms with Crippen LogP contribution >= 0.6 is 0 Å². The second kappa shape index (κ2) is 5.90. The largest absolute Gasteiger partial charge is 0.507 e. The zero-order chi connectivity index (χ0) is 15.5. The molecule has 0 aliphatic rings. The molecule has 0 spiro atoms. The first-order valence-electron chi connectivity index (χ1n) is 7.25. The number of rotatable bonds is 3. The van der Waals surface area contributed by atoms with Crippen LogP contribution in [-0.4, -0.2) is 16.4 Å². The van der Waals surface area contributed by atoms with Crippen LogP contribution in [0.1, 0.15) is 18.1 Å². The van der Waals surface area contributed by atoms with Gasteiger partial charge in [0.05, 0.1) is 0 Å². The first-order valence-corrected chi connectivity index (χ1v) is 7.25. The van der Waals surface area contributed by atoms with E-state index in [0.717, 1.165) is 22.8 Å². The molecule has 3 aromatic rings. The third-order valence-electron chi connectivity index (χ3n) is 3.73. The van der Waals surface area contributed by atoms with E-state index in [9.17, 15) is 10.2 Å². The zero-order valence-electron chi connectivity index (χ0n) is 12.3. The van der Waals surface area contributed by atoms with Crippen molar-refractivity contribution in [1.82, 2.24) is 0 Å². The number of phenols is 2. The van der Waals surface area contributed by atoms with Crippen LogP contribution in [0.15, 0.2) is 59.6 Å². The molecule has 0 amide bonds. The fourth-order valence-electron chi connectivity index (χ4n) is 2.45. The molecule has 0 heterocycles. The molecule has 3 rings (SSSR count). The summed E-state index contributed by atoms with van der Waals surface area (Å²) in [7, 11) is 0. The summed E-state index contributed by atoms with van der Waals surface area (Å²) in [6.07, 6.45) is 2.48. The summed E-state index contributed by atoms with van der Waals surface area (Å²) in [4.78, 5) is 4.36. The lowest BCUT2D eigenvalue weighted by atomic mass is 10.0. The summed E-state index contributed by atoms with van der Waals surface area (Å²) in [5, 5.41) is 22.0. The molecule has 0 aliphatic carbocycles. The van der Waals surface area contributed by atoms with Crippen molar-refractivity contribution in [2.75, 3.05) is 0 Å². The second-order valence-corrected chi connectivity index (χ2v) is 5.15. The van der Waals surface area contributed by atoms with Gasteiger partial charge >= 0.3 is 0 Å². The molecule has 3 nitrogen and oxygen atoms in total. The number of benzene rings is 3. The zero-order valence-corrected chi connectivity index (χ0v) is 12.3. The van der Waals surface area contributed by atoms with Crippen LogP contribution in [-0.2, 0) is 6.42 Å². The van der Waals surface area contributed by atoms with Gasteiger partial charge in [-0.25, -0.2) is 0 Å². The summed E-state index contributed by atoms with van der Waals surface area (Å²) in [5.41, 5.74) is 2.26. The Bertz CT molecular complexity index is 853. The molecule has 0 unspecified atom stereocenters. The fourth-order valence-corrected chi connectivity index (χ4v) is 2.45. The molecule has 0 saturated carbocycles. The molecular formula is C19H17NO2. The summed E-state index contributed by atoms with van der Waals surface area (Å²) in [5.74, 6) is 0.307. The second-order valence-electron chi connectivity index (χ2n) is 5.15. The lowest BCUT2D eigenvalue weighted by Gasteiger charge is -2.05. The Labute approximate surface area is 129 Å². The molecule has 3 aromatic carbocycles. The Morgan fingerprint density at radius 2 is 1.73 bits per heavy atom. The molecule has 0 fully saturated rings. The van der Waals surface area contributed by atoms with Crippen molar-refractivity contribution in [2.24, 2.45) is 4.99 Å². The van der Waals surface area contributed by atoms with E-state index >= 15 is 0 Å². The predicted octanol–water partition coefficient (Wildman–Crippen LogP) is 4.56. The molecule has 110 valence electrons. The summed E-state index contributed by atoms with van der Waals surface area (Å²) >= 11 is 0. The molecular weight excluding hydrogens is 274 g/mol. The highest BCUT2D eigenvalue weighted by Gasteiger charge is 2.05. The summed E-state index contributed by atoms with van der Waals surface area (Å²) < 4.78 is 0. The molecule has 0 aromatic heterocycles. The Morgan fingerprint density at radius 1 is 0.955 bits per heavy atom. The monoisotopic (exact) mass is 291 g/mol. The van der Waals surface area contributed by atoms with E-state index in [-0.39, 0.29) is 11.5 Å². The average Bonchev–Trinajstić information content (AvgIpc) is 2.55. The fraction of sp³-hybridized carbons (Fsp3) is 0.105. The number of aryl methyl sites for hydroxylation is 1. The van der Waals surface area contributed by atoms with Crippen molar-refractivity contribution >= 4 is 22.7 Å². The third-order valence-corrected chi connectivity index (χ3v) is 3.73. The number of phenolic OH excluding ortho intramolecular Hbond substituents is 2. The smallest absolute Gasteiger partial charge is 0.141 e. The minimum absolute atomic E-state index is 0.133. The van der Waals surface area contributed by atoms with Gasteiger partial charge in [0.15, 0.2) is 0 Å². The van der Waals surface area contributed by atoms with E-state index in [1.807, 2.05) is 42.5 Å². The number of hydrogen-bond donors (Lipinski definition) is 2. The van der Waals surface area contributed by atoms with Gasteiger partial charge in [0.1, 0.15) is 17.2 Å². The van der Waals surface area contributed by atoms with E-state index in [1.54, 1.807) is 18.3 Å². The Kier molecular flexibility index (Phi) is 3.79. The van der Waals surface area contributed by atoms with Crippen molar-refractivity contribution < 1.29 is 10.2 Å². The van der Waals surface area contributed by atoms with Crippen molar-refractivity contribution in [3.63, 3.8) is 0 Å². The molecule has 0 radical (unpaired) electrons. The number of fused-ring (bicyclic) bond motifs is 1. The molecule has 22 heavy (non-hydrogen) atoms. The average molecular weight is 291 g/mol. The first-order chi connectivity index (χ1) is 10.7. The number of nitrogens with zero attached hydrogens (tertiary/aromatic N) is 1. The highest BCUT2D eigenvalue weighted by molar-refractivity contribution is 6.03. The van der Waals surface area contributed by atoms with Crippen molar-refractivity contribution in [3.8, 4) is 11.5 Å². The Balaban J connectivity index is 2.08. The SMILES string of the molecule is CCc1ccc(O)c(N=Cc2c(O)ccc3ccccc23)c1. The van der Waals surface area contributed by atoms with Gasteiger partial charge in [0.25, 0.3) is 0 Å². The Hall–Kier alpha value is -2.81. The number of aromatic hydroxyl groups is 2. The van der Waals surface area contributed by atoms with Crippen LogP contribution in [0, 0.1) is 0 Å². The van der Waals surface area contributed by atoms with Gasteiger partial charge in [-0.3, -0.25) is 4.99 Å². The maximum Gasteiger partial charge on any atom is 0.141 e. The lowest BCUT2D eigenvalue weighted by molar-refractivity contribution is 0.474. The highest BCUT2D eigenvalue weighted by Crippen LogP contribution is 2.30. The third kappa shape index (κ3) is 2.66. The standard InChI is InChI=1S/C19H17NO2/c1-2-13-7-9-19(22)17(11-13)20-12-16-15-6-4-3-5-14(15)8-10-18(16)21/h3-12,21-22H,2H2,1H3. The normalized spacial score (nSPS) is 11.3. The van der Waals surface area contributed by atoms with Crippen molar-refractivity contribution in [1.29, 1.82) is 0 Å². The van der Waals surface area contributed by atoms with Crippen LogP contribution in [0.5, 0.6) is 11.5 Å². The molecule has 0 atom stereocenters. The first kappa shape index (κ1) is 14.1. The molecule has 0 bridgehead atoms. The molecule has 3 heteroatoms. The predicted molar refractivity (Wildman–Crippen MR) is 90.4 cm³/mol. The van der Waals surface area contributed by atoms with E-state index in [4.69, 9.17) is 0 Å². The van der Waals surface area contributed by atoms with Crippen molar-refractivity contribution in [2.45, 2.75) is 13.3 Å². The summed E-state index contributed by atoms with van der Waals surface area (Å²) in [6.45, 7) is 2.05. The quantitative estimate of drug-likeness (QED) is 0.695. The van der Waals surface area contributed by atoms with Crippen LogP contribution in [0.2, 0.25) is 0 Å². The van der Waals surface area contributed by atoms with Crippen LogP contribution in [0.4, 0.5) is 5.69 Å². The van der Waals surface area contributed by atoms with Gasteiger partial charge in [-0.05, 0) is 41.0 Å². The van der Waals surface area contributed by atoms with E-state index in [2.05, 4.69) is 11.9 Å². The minimum Gasteiger partial charge on any atom is -0.507 e. The molecule has 0 aliphatic heterocycles. The number of aliphatic imine (C=N–C) groups is 1. The minimum atomic E-state index is 0.133. The topological polar surface area (TPSA) is 52.8 Å². The molecule has 2 N–H and O–H groups in total. The van der Waals surface area contributed by atoms with Gasteiger partial charge in [-0.1, -0.05) is 43.3 Å². The molecule has 0 saturated heterocycles. The highest BCUT2D eigenvalue weighted by atomic mass is 16.3. The van der Waals surface area contributed by atoms with Crippen molar-refractivity contribution in [3.05, 3.63) is 65.7 Å². The van der Waals surface area contributed by atoms with Gasteiger partial charge in [0.2, 0.25) is 0 Å². The van der Waals surface area contributed by atoms with E-state index < -0.39 is 0 Å². The van der Waals surface area contributed by atoms with Crippen LogP contribution in [0.25, 0.3) is 10.8 Å². The van der Waals surface area contributed by atoms with Gasteiger partial charge in [-0.15, -0.1) is 0 Å². The van der Waals surface area contributed by atoms with E-state index in [0.29, 0.717) is 11.3 Å². The van der Waals surface area contributed by atoms with Gasteiger partial charge in [0, 0.05) is 11.8 Å². The maximum atomic E-state index is 10.1. The summed E-state index contributed by atoms with van der Waals surface area (Å²) in [6, 6.07) is 16.7. The number of hydrogen-bond acceptors (Lipinski definition) is 3. The lowest BCUT2D eigenvalue weighted by Crippen LogP contribution is -1.86. The van der Waals surface area contributed by atoms with Crippen LogP contribution in [0.3, 0.4) is 0 Å². The van der Waals surface area contributed by atoms with E-state index in [1.165, 1.54) is 0 Å². The maximum absolute atomic E-state index is 10.1. The Morgan fingerprint density at radius 3 is 2.55 bits per heavy atom.